The maximum absolute atomic E-state index is 13.5. The van der Waals surface area contributed by atoms with Crippen molar-refractivity contribution in [3.8, 4) is 0 Å². The van der Waals surface area contributed by atoms with Gasteiger partial charge in [-0.15, -0.1) is 0 Å². The van der Waals surface area contributed by atoms with Crippen molar-refractivity contribution < 1.29 is 8.78 Å². The zero-order chi connectivity index (χ0) is 16.1. The molecule has 3 N–H and O–H groups in total. The van der Waals surface area contributed by atoms with Crippen molar-refractivity contribution in [2.24, 2.45) is 10.7 Å². The molecule has 0 atom stereocenters. The summed E-state index contributed by atoms with van der Waals surface area (Å²) in [6.07, 6.45) is 0. The van der Waals surface area contributed by atoms with Crippen LogP contribution in [0.15, 0.2) is 47.5 Å². The molecule has 0 saturated carbocycles. The van der Waals surface area contributed by atoms with Gasteiger partial charge in [-0.05, 0) is 41.8 Å². The molecule has 0 amide bonds. The minimum Gasteiger partial charge on any atom is -0.370 e. The highest BCUT2D eigenvalue weighted by Crippen LogP contribution is 2.18. The monoisotopic (exact) mass is 303 g/mol. The highest BCUT2D eigenvalue weighted by molar-refractivity contribution is 5.92. The van der Waals surface area contributed by atoms with Crippen LogP contribution in [0.25, 0.3) is 0 Å². The molecule has 0 unspecified atom stereocenters. The van der Waals surface area contributed by atoms with Crippen LogP contribution in [-0.2, 0) is 6.54 Å². The molecular weight excluding hydrogens is 284 g/mol. The molecule has 0 radical (unpaired) electrons. The summed E-state index contributed by atoms with van der Waals surface area (Å²) in [4.78, 5) is 4.04. The van der Waals surface area contributed by atoms with Crippen molar-refractivity contribution in [3.63, 3.8) is 0 Å². The number of rotatable bonds is 4. The summed E-state index contributed by atoms with van der Waals surface area (Å²) in [5.74, 6) is -0.437. The average molecular weight is 303 g/mol. The van der Waals surface area contributed by atoms with E-state index in [1.54, 1.807) is 0 Å². The number of anilines is 1. The number of halogens is 2. The Morgan fingerprint density at radius 1 is 1.18 bits per heavy atom. The lowest BCUT2D eigenvalue weighted by Gasteiger charge is -2.10. The van der Waals surface area contributed by atoms with E-state index < -0.39 is 11.6 Å². The Morgan fingerprint density at radius 3 is 2.68 bits per heavy atom. The van der Waals surface area contributed by atoms with Gasteiger partial charge in [-0.2, -0.15) is 0 Å². The van der Waals surface area contributed by atoms with Crippen molar-refractivity contribution >= 4 is 11.6 Å². The van der Waals surface area contributed by atoms with Crippen molar-refractivity contribution in [2.45, 2.75) is 26.3 Å². The fraction of sp³-hybridized carbons (Fsp3) is 0.235. The molecule has 0 aliphatic rings. The average Bonchev–Trinajstić information content (AvgIpc) is 2.48. The van der Waals surface area contributed by atoms with E-state index in [-0.39, 0.29) is 18.1 Å². The normalized spacial score (nSPS) is 11.8. The van der Waals surface area contributed by atoms with Crippen molar-refractivity contribution in [2.75, 3.05) is 5.32 Å². The second-order valence-corrected chi connectivity index (χ2v) is 5.34. The topological polar surface area (TPSA) is 50.4 Å². The molecular formula is C17H19F2N3. The minimum atomic E-state index is -0.500. The molecule has 22 heavy (non-hydrogen) atoms. The van der Waals surface area contributed by atoms with Gasteiger partial charge in [-0.25, -0.2) is 13.8 Å². The first-order chi connectivity index (χ1) is 10.5. The molecule has 0 fully saturated rings. The van der Waals surface area contributed by atoms with Crippen molar-refractivity contribution in [1.29, 1.82) is 0 Å². The van der Waals surface area contributed by atoms with Gasteiger partial charge in [0.05, 0.1) is 6.54 Å². The lowest BCUT2D eigenvalue weighted by atomic mass is 10.0. The first-order valence-electron chi connectivity index (χ1n) is 7.06. The van der Waals surface area contributed by atoms with Gasteiger partial charge in [-0.1, -0.05) is 26.0 Å². The van der Waals surface area contributed by atoms with Gasteiger partial charge in [0.1, 0.15) is 11.6 Å². The van der Waals surface area contributed by atoms with Crippen LogP contribution in [0.1, 0.15) is 30.9 Å². The molecule has 2 aromatic carbocycles. The van der Waals surface area contributed by atoms with E-state index >= 15 is 0 Å². The van der Waals surface area contributed by atoms with E-state index in [4.69, 9.17) is 5.73 Å². The highest BCUT2D eigenvalue weighted by Gasteiger charge is 2.04. The zero-order valence-corrected chi connectivity index (χ0v) is 12.6. The largest absolute Gasteiger partial charge is 0.370 e. The van der Waals surface area contributed by atoms with Gasteiger partial charge >= 0.3 is 0 Å². The Hall–Kier alpha value is -2.43. The number of nitrogens with two attached hydrogens (primary N) is 1. The van der Waals surface area contributed by atoms with E-state index in [2.05, 4.69) is 24.2 Å². The summed E-state index contributed by atoms with van der Waals surface area (Å²) in [7, 11) is 0. The summed E-state index contributed by atoms with van der Waals surface area (Å²) < 4.78 is 26.6. The van der Waals surface area contributed by atoms with Crippen LogP contribution in [0, 0.1) is 11.6 Å². The van der Waals surface area contributed by atoms with Gasteiger partial charge in [0.25, 0.3) is 0 Å². The molecule has 0 bridgehead atoms. The summed E-state index contributed by atoms with van der Waals surface area (Å²) in [6, 6.07) is 11.1. The third-order valence-electron chi connectivity index (χ3n) is 3.25. The van der Waals surface area contributed by atoms with Crippen LogP contribution >= 0.6 is 0 Å². The minimum absolute atomic E-state index is 0.0215. The van der Waals surface area contributed by atoms with Crippen LogP contribution in [0.4, 0.5) is 14.5 Å². The summed E-state index contributed by atoms with van der Waals surface area (Å²) in [5.41, 5.74) is 7.95. The number of aliphatic imine (C=N–C) groups is 1. The maximum Gasteiger partial charge on any atom is 0.193 e. The third-order valence-corrected chi connectivity index (χ3v) is 3.25. The molecule has 3 nitrogen and oxygen atoms in total. The molecule has 0 saturated heterocycles. The standard InChI is InChI=1S/C17H19F2N3/c1-11(2)12-4-3-5-15(9-12)22-17(20)21-10-13-8-14(18)6-7-16(13)19/h3-9,11H,10H2,1-2H3,(H3,20,21,22). The van der Waals surface area contributed by atoms with E-state index in [1.807, 2.05) is 24.3 Å². The quantitative estimate of drug-likeness (QED) is 0.662. The number of nitrogens with one attached hydrogen (secondary N) is 1. The summed E-state index contributed by atoms with van der Waals surface area (Å²) in [6.45, 7) is 4.18. The van der Waals surface area contributed by atoms with E-state index in [0.717, 1.165) is 23.9 Å². The zero-order valence-electron chi connectivity index (χ0n) is 12.6. The fourth-order valence-corrected chi connectivity index (χ4v) is 2.00. The predicted octanol–water partition coefficient (Wildman–Crippen LogP) is 4.02. The molecule has 116 valence electrons. The van der Waals surface area contributed by atoms with Crippen LogP contribution in [-0.4, -0.2) is 5.96 Å². The van der Waals surface area contributed by atoms with Gasteiger partial charge < -0.3 is 11.1 Å². The third kappa shape index (κ3) is 4.28. The lowest BCUT2D eigenvalue weighted by molar-refractivity contribution is 0.586. The van der Waals surface area contributed by atoms with Crippen LogP contribution < -0.4 is 11.1 Å². The van der Waals surface area contributed by atoms with Gasteiger partial charge in [-0.3, -0.25) is 0 Å². The van der Waals surface area contributed by atoms with Gasteiger partial charge in [0.15, 0.2) is 5.96 Å². The van der Waals surface area contributed by atoms with Crippen LogP contribution in [0.5, 0.6) is 0 Å². The Bertz CT molecular complexity index is 681. The number of hydrogen-bond donors (Lipinski definition) is 2. The molecule has 0 aromatic heterocycles. The molecule has 0 aliphatic heterocycles. The molecule has 0 spiro atoms. The highest BCUT2D eigenvalue weighted by atomic mass is 19.1. The van der Waals surface area contributed by atoms with Crippen molar-refractivity contribution in [1.82, 2.24) is 0 Å². The van der Waals surface area contributed by atoms with E-state index in [1.165, 1.54) is 5.56 Å². The van der Waals surface area contributed by atoms with Gasteiger partial charge in [0.2, 0.25) is 0 Å². The number of benzene rings is 2. The number of guanidine groups is 1. The molecule has 2 aromatic rings. The van der Waals surface area contributed by atoms with Gasteiger partial charge in [0, 0.05) is 11.3 Å². The Kier molecular flexibility index (Phi) is 5.09. The molecule has 2 rings (SSSR count). The second kappa shape index (κ2) is 7.02. The first kappa shape index (κ1) is 15.9. The lowest BCUT2D eigenvalue weighted by Crippen LogP contribution is -2.22. The number of hydrogen-bond acceptors (Lipinski definition) is 1. The van der Waals surface area contributed by atoms with Crippen molar-refractivity contribution in [3.05, 3.63) is 65.2 Å². The Labute approximate surface area is 128 Å². The molecule has 5 heteroatoms. The predicted molar refractivity (Wildman–Crippen MR) is 85.8 cm³/mol. The van der Waals surface area contributed by atoms with E-state index in [0.29, 0.717) is 5.92 Å². The smallest absolute Gasteiger partial charge is 0.193 e. The second-order valence-electron chi connectivity index (χ2n) is 5.34. The Balaban J connectivity index is 2.07. The maximum atomic E-state index is 13.5. The summed E-state index contributed by atoms with van der Waals surface area (Å²) >= 11 is 0. The fourth-order valence-electron chi connectivity index (χ4n) is 2.00. The molecule has 0 aliphatic carbocycles. The summed E-state index contributed by atoms with van der Waals surface area (Å²) in [5, 5.41) is 2.95. The van der Waals surface area contributed by atoms with Crippen LogP contribution in [0.3, 0.4) is 0 Å². The first-order valence-corrected chi connectivity index (χ1v) is 7.06. The van der Waals surface area contributed by atoms with Crippen LogP contribution in [0.2, 0.25) is 0 Å². The van der Waals surface area contributed by atoms with E-state index in [9.17, 15) is 8.78 Å². The Morgan fingerprint density at radius 2 is 1.95 bits per heavy atom. The SMILES string of the molecule is CC(C)c1cccc(NC(N)=NCc2cc(F)ccc2F)c1. The number of nitrogens with zero attached hydrogens (tertiary/aromatic N) is 1. The molecule has 0 heterocycles.